The molecule has 0 amide bonds. The molecule has 2 aliphatic heterocycles. The van der Waals surface area contributed by atoms with Crippen molar-refractivity contribution >= 4 is 5.97 Å². The monoisotopic (exact) mass is 200 g/mol. The molecule has 2 aliphatic rings. The van der Waals surface area contributed by atoms with Crippen LogP contribution in [0.15, 0.2) is 0 Å². The van der Waals surface area contributed by atoms with E-state index < -0.39 is 0 Å². The van der Waals surface area contributed by atoms with E-state index in [1.807, 2.05) is 0 Å². The fourth-order valence-electron chi connectivity index (χ4n) is 2.30. The number of rotatable bonds is 1. The summed E-state index contributed by atoms with van der Waals surface area (Å²) in [6.45, 7) is 1.41. The molecule has 0 aromatic rings. The fraction of sp³-hybridized carbons (Fsp3) is 0.900. The Balaban J connectivity index is 2.01. The molecule has 2 heterocycles. The minimum absolute atomic E-state index is 0.000972. The lowest BCUT2D eigenvalue weighted by Gasteiger charge is -2.20. The molecule has 2 bridgehead atoms. The Morgan fingerprint density at radius 1 is 1.29 bits per heavy atom. The highest BCUT2D eigenvalue weighted by Gasteiger charge is 2.40. The Labute approximate surface area is 83.2 Å². The maximum atomic E-state index is 10.8. The van der Waals surface area contributed by atoms with Gasteiger partial charge >= 0.3 is 5.97 Å². The smallest absolute Gasteiger partial charge is 0.302 e. The normalized spacial score (nSPS) is 41.9. The molecule has 80 valence electrons. The van der Waals surface area contributed by atoms with Gasteiger partial charge in [-0.05, 0) is 25.7 Å². The highest BCUT2D eigenvalue weighted by molar-refractivity contribution is 5.66. The van der Waals surface area contributed by atoms with Crippen LogP contribution in [-0.4, -0.2) is 35.5 Å². The molecule has 0 aromatic carbocycles. The summed E-state index contributed by atoms with van der Waals surface area (Å²) in [4.78, 5) is 10.8. The Morgan fingerprint density at radius 2 is 2.00 bits per heavy atom. The van der Waals surface area contributed by atoms with Crippen molar-refractivity contribution in [3.8, 4) is 0 Å². The van der Waals surface area contributed by atoms with Gasteiger partial charge < -0.3 is 14.6 Å². The first-order valence-corrected chi connectivity index (χ1v) is 5.17. The Hall–Kier alpha value is -0.610. The molecule has 0 saturated carbocycles. The summed E-state index contributed by atoms with van der Waals surface area (Å²) in [5.74, 6) is -0.265. The average molecular weight is 200 g/mol. The number of ether oxygens (including phenoxy) is 2. The third-order valence-electron chi connectivity index (χ3n) is 2.99. The summed E-state index contributed by atoms with van der Waals surface area (Å²) in [6, 6.07) is 0. The molecular formula is C10H16O4. The minimum Gasteiger partial charge on any atom is -0.460 e. The van der Waals surface area contributed by atoms with E-state index in [1.165, 1.54) is 6.92 Å². The summed E-state index contributed by atoms with van der Waals surface area (Å²) < 4.78 is 10.8. The number of esters is 1. The van der Waals surface area contributed by atoms with Crippen molar-refractivity contribution in [3.63, 3.8) is 0 Å². The fourth-order valence-corrected chi connectivity index (χ4v) is 2.30. The van der Waals surface area contributed by atoms with Crippen LogP contribution in [0.5, 0.6) is 0 Å². The summed E-state index contributed by atoms with van der Waals surface area (Å²) in [7, 11) is 0. The zero-order valence-corrected chi connectivity index (χ0v) is 8.31. The van der Waals surface area contributed by atoms with E-state index in [0.29, 0.717) is 12.8 Å². The topological polar surface area (TPSA) is 55.8 Å². The average Bonchev–Trinajstić information content (AvgIpc) is 2.54. The van der Waals surface area contributed by atoms with Crippen molar-refractivity contribution in [3.05, 3.63) is 0 Å². The van der Waals surface area contributed by atoms with E-state index in [1.54, 1.807) is 0 Å². The molecule has 0 aromatic heterocycles. The van der Waals surface area contributed by atoms with Crippen LogP contribution in [0.1, 0.15) is 32.6 Å². The number of hydrogen-bond donors (Lipinski definition) is 1. The van der Waals surface area contributed by atoms with Crippen molar-refractivity contribution in [2.45, 2.75) is 57.0 Å². The van der Waals surface area contributed by atoms with Gasteiger partial charge in [0.05, 0.1) is 18.3 Å². The second-order valence-corrected chi connectivity index (χ2v) is 4.08. The molecule has 14 heavy (non-hydrogen) atoms. The third kappa shape index (κ3) is 1.91. The maximum Gasteiger partial charge on any atom is 0.302 e. The highest BCUT2D eigenvalue weighted by atomic mass is 16.6. The summed E-state index contributed by atoms with van der Waals surface area (Å²) in [6.07, 6.45) is 2.56. The van der Waals surface area contributed by atoms with Crippen LogP contribution in [0, 0.1) is 0 Å². The van der Waals surface area contributed by atoms with Crippen molar-refractivity contribution in [2.75, 3.05) is 0 Å². The zero-order chi connectivity index (χ0) is 10.1. The van der Waals surface area contributed by atoms with Gasteiger partial charge in [0.25, 0.3) is 0 Å². The van der Waals surface area contributed by atoms with E-state index in [-0.39, 0.29) is 30.4 Å². The first kappa shape index (κ1) is 9.93. The first-order chi connectivity index (χ1) is 6.66. The van der Waals surface area contributed by atoms with E-state index in [2.05, 4.69) is 0 Å². The predicted molar refractivity (Wildman–Crippen MR) is 48.7 cm³/mol. The SMILES string of the molecule is CC(=O)O[C@H]1CC[C@@H](O)[C@H]2CC[C@@H]1O2. The number of hydrogen-bond acceptors (Lipinski definition) is 4. The molecule has 2 fully saturated rings. The molecule has 2 rings (SSSR count). The van der Waals surface area contributed by atoms with Crippen LogP contribution in [0.2, 0.25) is 0 Å². The van der Waals surface area contributed by atoms with Gasteiger partial charge in [-0.1, -0.05) is 0 Å². The number of aliphatic hydroxyl groups excluding tert-OH is 1. The highest BCUT2D eigenvalue weighted by Crippen LogP contribution is 2.32. The number of carbonyl (C=O) groups is 1. The molecule has 0 aliphatic carbocycles. The number of fused-ring (bicyclic) bond motifs is 2. The largest absolute Gasteiger partial charge is 0.460 e. The van der Waals surface area contributed by atoms with Crippen LogP contribution in [-0.2, 0) is 14.3 Å². The lowest BCUT2D eigenvalue weighted by atomic mass is 9.97. The van der Waals surface area contributed by atoms with Crippen LogP contribution in [0.3, 0.4) is 0 Å². The molecule has 2 saturated heterocycles. The van der Waals surface area contributed by atoms with Crippen molar-refractivity contribution < 1.29 is 19.4 Å². The van der Waals surface area contributed by atoms with Gasteiger partial charge in [-0.25, -0.2) is 0 Å². The predicted octanol–water partition coefficient (Wildman–Crippen LogP) is 0.620. The standard InChI is InChI=1S/C10H16O4/c1-6(11)13-9-3-2-7(12)8-4-5-10(9)14-8/h7-10,12H,2-5H2,1H3/t7-,8-,9+,10+/m1/s1. The molecule has 1 N–H and O–H groups in total. The molecule has 0 radical (unpaired) electrons. The Kier molecular flexibility index (Phi) is 2.74. The molecule has 0 unspecified atom stereocenters. The van der Waals surface area contributed by atoms with Crippen molar-refractivity contribution in [1.29, 1.82) is 0 Å². The maximum absolute atomic E-state index is 10.8. The van der Waals surface area contributed by atoms with Gasteiger partial charge in [0.15, 0.2) is 0 Å². The van der Waals surface area contributed by atoms with Crippen LogP contribution < -0.4 is 0 Å². The second kappa shape index (κ2) is 3.87. The van der Waals surface area contributed by atoms with Gasteiger partial charge in [0, 0.05) is 6.92 Å². The Bertz CT molecular complexity index is 228. The van der Waals surface area contributed by atoms with Gasteiger partial charge in [-0.2, -0.15) is 0 Å². The minimum atomic E-state index is -0.388. The number of carbonyl (C=O) groups excluding carboxylic acids is 1. The van der Waals surface area contributed by atoms with E-state index in [9.17, 15) is 9.90 Å². The van der Waals surface area contributed by atoms with Crippen LogP contribution >= 0.6 is 0 Å². The van der Waals surface area contributed by atoms with E-state index >= 15 is 0 Å². The van der Waals surface area contributed by atoms with Crippen LogP contribution in [0.4, 0.5) is 0 Å². The zero-order valence-electron chi connectivity index (χ0n) is 8.31. The van der Waals surface area contributed by atoms with Gasteiger partial charge in [-0.3, -0.25) is 4.79 Å². The lowest BCUT2D eigenvalue weighted by Crippen LogP contribution is -2.29. The van der Waals surface area contributed by atoms with E-state index in [0.717, 1.165) is 12.8 Å². The molecule has 4 heteroatoms. The van der Waals surface area contributed by atoms with Crippen molar-refractivity contribution in [2.24, 2.45) is 0 Å². The molecule has 4 nitrogen and oxygen atoms in total. The second-order valence-electron chi connectivity index (χ2n) is 4.08. The summed E-state index contributed by atoms with van der Waals surface area (Å²) in [5.41, 5.74) is 0. The first-order valence-electron chi connectivity index (χ1n) is 5.17. The summed E-state index contributed by atoms with van der Waals surface area (Å²) in [5, 5.41) is 9.66. The third-order valence-corrected chi connectivity index (χ3v) is 2.99. The van der Waals surface area contributed by atoms with Gasteiger partial charge in [-0.15, -0.1) is 0 Å². The van der Waals surface area contributed by atoms with E-state index in [4.69, 9.17) is 9.47 Å². The van der Waals surface area contributed by atoms with Gasteiger partial charge in [0.1, 0.15) is 6.10 Å². The molecular weight excluding hydrogens is 184 g/mol. The quantitative estimate of drug-likeness (QED) is 0.630. The molecule has 0 spiro atoms. The molecule has 4 atom stereocenters. The van der Waals surface area contributed by atoms with Crippen LogP contribution in [0.25, 0.3) is 0 Å². The Morgan fingerprint density at radius 3 is 2.71 bits per heavy atom. The number of aliphatic hydroxyl groups is 1. The lowest BCUT2D eigenvalue weighted by molar-refractivity contribution is -0.153. The van der Waals surface area contributed by atoms with Gasteiger partial charge in [0.2, 0.25) is 0 Å². The summed E-state index contributed by atoms with van der Waals surface area (Å²) >= 11 is 0. The van der Waals surface area contributed by atoms with Crippen molar-refractivity contribution in [1.82, 2.24) is 0 Å².